The molecule has 0 aromatic heterocycles. The molecule has 1 aliphatic heterocycles. The number of para-hydroxylation sites is 1. The fourth-order valence-electron chi connectivity index (χ4n) is 2.98. The summed E-state index contributed by atoms with van der Waals surface area (Å²) in [6.07, 6.45) is 1.83. The number of rotatable bonds is 6. The van der Waals surface area contributed by atoms with E-state index in [4.69, 9.17) is 4.74 Å². The van der Waals surface area contributed by atoms with E-state index in [0.717, 1.165) is 38.2 Å². The molecule has 1 fully saturated rings. The number of carbonyl (C=O) groups is 1. The Morgan fingerprint density at radius 3 is 2.44 bits per heavy atom. The number of piperidine rings is 1. The normalized spacial score (nSPS) is 15.7. The predicted octanol–water partition coefficient (Wildman–Crippen LogP) is 3.10. The van der Waals surface area contributed by atoms with Crippen molar-refractivity contribution in [1.29, 1.82) is 0 Å². The van der Waals surface area contributed by atoms with E-state index in [0.29, 0.717) is 12.2 Å². The van der Waals surface area contributed by atoms with Gasteiger partial charge in [-0.05, 0) is 49.2 Å². The molecule has 2 aromatic rings. The smallest absolute Gasteiger partial charge is 0.251 e. The first-order valence-electron chi connectivity index (χ1n) is 8.67. The minimum Gasteiger partial charge on any atom is -0.492 e. The number of hydrogen-bond acceptors (Lipinski definition) is 3. The maximum absolute atomic E-state index is 12.9. The molecule has 0 saturated carbocycles. The Kier molecular flexibility index (Phi) is 6.01. The lowest BCUT2D eigenvalue weighted by molar-refractivity contribution is 0.0905. The van der Waals surface area contributed by atoms with E-state index in [-0.39, 0.29) is 17.8 Å². The zero-order valence-electron chi connectivity index (χ0n) is 14.2. The largest absolute Gasteiger partial charge is 0.492 e. The van der Waals surface area contributed by atoms with E-state index in [2.05, 4.69) is 10.2 Å². The van der Waals surface area contributed by atoms with Crippen LogP contribution in [0.1, 0.15) is 23.2 Å². The molecule has 1 amide bonds. The third-order valence-corrected chi connectivity index (χ3v) is 4.45. The number of benzene rings is 2. The van der Waals surface area contributed by atoms with Gasteiger partial charge in [-0.3, -0.25) is 9.69 Å². The Balaban J connectivity index is 1.37. The average Bonchev–Trinajstić information content (AvgIpc) is 2.64. The maximum atomic E-state index is 12.9. The molecular weight excluding hydrogens is 319 g/mol. The molecular formula is C20H23FN2O2. The van der Waals surface area contributed by atoms with Crippen molar-refractivity contribution in [3.63, 3.8) is 0 Å². The molecule has 2 aromatic carbocycles. The van der Waals surface area contributed by atoms with Gasteiger partial charge in [0.2, 0.25) is 0 Å². The molecule has 1 saturated heterocycles. The van der Waals surface area contributed by atoms with Crippen molar-refractivity contribution in [2.45, 2.75) is 18.9 Å². The highest BCUT2D eigenvalue weighted by atomic mass is 19.1. The van der Waals surface area contributed by atoms with Gasteiger partial charge in [0.25, 0.3) is 5.91 Å². The van der Waals surface area contributed by atoms with Gasteiger partial charge >= 0.3 is 0 Å². The van der Waals surface area contributed by atoms with Crippen molar-refractivity contribution in [2.75, 3.05) is 26.2 Å². The molecule has 1 aliphatic rings. The molecule has 1 N–H and O–H groups in total. The SMILES string of the molecule is O=C(NC1CCN(CCOc2ccccc2)CC1)c1ccc(F)cc1. The Hall–Kier alpha value is -2.40. The second-order valence-electron chi connectivity index (χ2n) is 6.26. The van der Waals surface area contributed by atoms with Crippen LogP contribution in [0.2, 0.25) is 0 Å². The van der Waals surface area contributed by atoms with Gasteiger partial charge in [0.05, 0.1) is 0 Å². The Bertz CT molecular complexity index is 668. The summed E-state index contributed by atoms with van der Waals surface area (Å²) in [5.41, 5.74) is 0.500. The number of carbonyl (C=O) groups excluding carboxylic acids is 1. The Morgan fingerprint density at radius 1 is 1.08 bits per heavy atom. The molecule has 0 unspecified atom stereocenters. The third kappa shape index (κ3) is 5.29. The molecule has 0 aliphatic carbocycles. The first-order chi connectivity index (χ1) is 12.2. The standard InChI is InChI=1S/C20H23FN2O2/c21-17-8-6-16(7-9-17)20(24)22-18-10-12-23(13-11-18)14-15-25-19-4-2-1-3-5-19/h1-9,18H,10-15H2,(H,22,24). The quantitative estimate of drug-likeness (QED) is 0.877. The van der Waals surface area contributed by atoms with Crippen LogP contribution in [0.15, 0.2) is 54.6 Å². The fraction of sp³-hybridized carbons (Fsp3) is 0.350. The number of amides is 1. The van der Waals surface area contributed by atoms with E-state index in [1.54, 1.807) is 0 Å². The molecule has 1 heterocycles. The van der Waals surface area contributed by atoms with Gasteiger partial charge in [-0.25, -0.2) is 4.39 Å². The molecule has 25 heavy (non-hydrogen) atoms. The summed E-state index contributed by atoms with van der Waals surface area (Å²) in [5, 5.41) is 3.04. The zero-order chi connectivity index (χ0) is 17.5. The van der Waals surface area contributed by atoms with Crippen molar-refractivity contribution < 1.29 is 13.9 Å². The molecule has 3 rings (SSSR count). The number of hydrogen-bond donors (Lipinski definition) is 1. The van der Waals surface area contributed by atoms with Crippen LogP contribution in [-0.2, 0) is 0 Å². The van der Waals surface area contributed by atoms with Gasteiger partial charge in [0.1, 0.15) is 18.2 Å². The zero-order valence-corrected chi connectivity index (χ0v) is 14.2. The van der Waals surface area contributed by atoms with E-state index in [1.807, 2.05) is 30.3 Å². The van der Waals surface area contributed by atoms with Crippen molar-refractivity contribution >= 4 is 5.91 Å². The van der Waals surface area contributed by atoms with Crippen LogP contribution in [0.5, 0.6) is 5.75 Å². The summed E-state index contributed by atoms with van der Waals surface area (Å²) in [6.45, 7) is 3.42. The predicted molar refractivity (Wildman–Crippen MR) is 95.3 cm³/mol. The minimum absolute atomic E-state index is 0.133. The summed E-state index contributed by atoms with van der Waals surface area (Å²) in [7, 11) is 0. The van der Waals surface area contributed by atoms with Gasteiger partial charge < -0.3 is 10.1 Å². The highest BCUT2D eigenvalue weighted by molar-refractivity contribution is 5.94. The lowest BCUT2D eigenvalue weighted by Gasteiger charge is -2.32. The second kappa shape index (κ2) is 8.62. The van der Waals surface area contributed by atoms with Crippen LogP contribution in [-0.4, -0.2) is 43.1 Å². The van der Waals surface area contributed by atoms with Crippen molar-refractivity contribution in [3.05, 3.63) is 66.0 Å². The molecule has 0 bridgehead atoms. The number of nitrogens with zero attached hydrogens (tertiary/aromatic N) is 1. The van der Waals surface area contributed by atoms with Crippen LogP contribution >= 0.6 is 0 Å². The van der Waals surface area contributed by atoms with Gasteiger partial charge in [-0.15, -0.1) is 0 Å². The number of nitrogens with one attached hydrogen (secondary N) is 1. The van der Waals surface area contributed by atoms with Gasteiger partial charge in [-0.1, -0.05) is 18.2 Å². The van der Waals surface area contributed by atoms with E-state index < -0.39 is 0 Å². The van der Waals surface area contributed by atoms with Crippen LogP contribution in [0.3, 0.4) is 0 Å². The molecule has 0 atom stereocenters. The van der Waals surface area contributed by atoms with Crippen molar-refractivity contribution in [3.8, 4) is 5.75 Å². The number of likely N-dealkylation sites (tertiary alicyclic amines) is 1. The highest BCUT2D eigenvalue weighted by Crippen LogP contribution is 2.13. The lowest BCUT2D eigenvalue weighted by Crippen LogP contribution is -2.45. The number of halogens is 1. The highest BCUT2D eigenvalue weighted by Gasteiger charge is 2.21. The van der Waals surface area contributed by atoms with Gasteiger partial charge in [-0.2, -0.15) is 0 Å². The van der Waals surface area contributed by atoms with Gasteiger partial charge in [0, 0.05) is 31.2 Å². The van der Waals surface area contributed by atoms with Crippen molar-refractivity contribution in [2.24, 2.45) is 0 Å². The minimum atomic E-state index is -0.331. The van der Waals surface area contributed by atoms with Crippen LogP contribution in [0.25, 0.3) is 0 Å². The summed E-state index contributed by atoms with van der Waals surface area (Å²) in [6, 6.07) is 15.6. The van der Waals surface area contributed by atoms with Crippen LogP contribution < -0.4 is 10.1 Å². The first kappa shape index (κ1) is 17.4. The molecule has 0 radical (unpaired) electrons. The average molecular weight is 342 g/mol. The van der Waals surface area contributed by atoms with Crippen molar-refractivity contribution in [1.82, 2.24) is 10.2 Å². The summed E-state index contributed by atoms with van der Waals surface area (Å²) >= 11 is 0. The molecule has 132 valence electrons. The summed E-state index contributed by atoms with van der Waals surface area (Å²) in [4.78, 5) is 14.5. The van der Waals surface area contributed by atoms with E-state index >= 15 is 0 Å². The topological polar surface area (TPSA) is 41.6 Å². The molecule has 4 nitrogen and oxygen atoms in total. The third-order valence-electron chi connectivity index (χ3n) is 4.45. The van der Waals surface area contributed by atoms with Crippen LogP contribution in [0, 0.1) is 5.82 Å². The van der Waals surface area contributed by atoms with Crippen LogP contribution in [0.4, 0.5) is 4.39 Å². The Labute approximate surface area is 147 Å². The lowest BCUT2D eigenvalue weighted by atomic mass is 10.0. The first-order valence-corrected chi connectivity index (χ1v) is 8.67. The fourth-order valence-corrected chi connectivity index (χ4v) is 2.98. The van der Waals surface area contributed by atoms with E-state index in [1.165, 1.54) is 24.3 Å². The number of ether oxygens (including phenoxy) is 1. The monoisotopic (exact) mass is 342 g/mol. The Morgan fingerprint density at radius 2 is 1.76 bits per heavy atom. The molecule has 0 spiro atoms. The molecule has 5 heteroatoms. The maximum Gasteiger partial charge on any atom is 0.251 e. The summed E-state index contributed by atoms with van der Waals surface area (Å²) in [5.74, 6) is 0.428. The summed E-state index contributed by atoms with van der Waals surface area (Å²) < 4.78 is 18.6. The second-order valence-corrected chi connectivity index (χ2v) is 6.26. The van der Waals surface area contributed by atoms with E-state index in [9.17, 15) is 9.18 Å². The van der Waals surface area contributed by atoms with Gasteiger partial charge in [0.15, 0.2) is 0 Å².